The maximum atomic E-state index is 13.0. The first-order valence-corrected chi connectivity index (χ1v) is 12.0. The van der Waals surface area contributed by atoms with Crippen LogP contribution in [0.4, 0.5) is 5.82 Å². The Morgan fingerprint density at radius 2 is 1.61 bits per heavy atom. The fraction of sp³-hybridized carbons (Fsp3) is 0.737. The van der Waals surface area contributed by atoms with E-state index in [0.29, 0.717) is 13.1 Å². The van der Waals surface area contributed by atoms with Crippen LogP contribution in [-0.2, 0) is 24.3 Å². The van der Waals surface area contributed by atoms with E-state index in [1.54, 1.807) is 11.9 Å². The summed E-state index contributed by atoms with van der Waals surface area (Å²) < 4.78 is 30.9. The molecule has 0 aromatic carbocycles. The largest absolute Gasteiger partial charge is 0.384 e. The maximum absolute atomic E-state index is 13.0. The van der Waals surface area contributed by atoms with Crippen molar-refractivity contribution in [2.75, 3.05) is 45.5 Å². The molecule has 0 radical (unpaired) electrons. The third-order valence-corrected chi connectivity index (χ3v) is 8.51. The van der Waals surface area contributed by atoms with Gasteiger partial charge in [0.05, 0.1) is 6.54 Å². The number of aromatic nitrogens is 2. The standard InChI is InChI=1S/C19H32N6O5S/c1-21-17(20)16(18(27)22(2)19(21)28)15(26)13-24-9-11-25(12-10-24)31(29,30)23(3)14-7-5-4-6-8-14/h14H,4-13,20H2,1-3H3. The van der Waals surface area contributed by atoms with E-state index >= 15 is 0 Å². The van der Waals surface area contributed by atoms with Crippen molar-refractivity contribution in [1.82, 2.24) is 22.6 Å². The second kappa shape index (κ2) is 9.23. The molecule has 12 heteroatoms. The highest BCUT2D eigenvalue weighted by molar-refractivity contribution is 7.86. The number of anilines is 1. The molecule has 0 unspecified atom stereocenters. The van der Waals surface area contributed by atoms with Crippen molar-refractivity contribution in [2.24, 2.45) is 14.1 Å². The molecule has 0 atom stereocenters. The zero-order valence-electron chi connectivity index (χ0n) is 18.4. The van der Waals surface area contributed by atoms with E-state index in [9.17, 15) is 22.8 Å². The van der Waals surface area contributed by atoms with Gasteiger partial charge in [0.2, 0.25) is 0 Å². The number of piperazine rings is 1. The van der Waals surface area contributed by atoms with Crippen molar-refractivity contribution >= 4 is 21.8 Å². The number of ketones is 1. The minimum atomic E-state index is -3.55. The molecule has 1 aliphatic carbocycles. The lowest BCUT2D eigenvalue weighted by atomic mass is 9.96. The summed E-state index contributed by atoms with van der Waals surface area (Å²) in [5, 5.41) is 0. The van der Waals surface area contributed by atoms with Gasteiger partial charge in [0, 0.05) is 53.4 Å². The van der Waals surface area contributed by atoms with Gasteiger partial charge in [-0.1, -0.05) is 19.3 Å². The Hall–Kier alpha value is -2.02. The van der Waals surface area contributed by atoms with E-state index in [4.69, 9.17) is 5.73 Å². The lowest BCUT2D eigenvalue weighted by Gasteiger charge is -2.38. The highest BCUT2D eigenvalue weighted by Gasteiger charge is 2.35. The molecule has 0 bridgehead atoms. The van der Waals surface area contributed by atoms with Crippen LogP contribution in [0.25, 0.3) is 0 Å². The van der Waals surface area contributed by atoms with Gasteiger partial charge in [-0.05, 0) is 12.8 Å². The van der Waals surface area contributed by atoms with Crippen LogP contribution in [0.3, 0.4) is 0 Å². The summed E-state index contributed by atoms with van der Waals surface area (Å²) in [5.41, 5.74) is 4.33. The molecule has 2 N–H and O–H groups in total. The molecule has 2 aliphatic rings. The first-order chi connectivity index (χ1) is 14.6. The van der Waals surface area contributed by atoms with Crippen molar-refractivity contribution in [3.05, 3.63) is 26.4 Å². The van der Waals surface area contributed by atoms with Gasteiger partial charge in [-0.3, -0.25) is 23.6 Å². The first-order valence-electron chi connectivity index (χ1n) is 10.6. The van der Waals surface area contributed by atoms with Crippen molar-refractivity contribution < 1.29 is 13.2 Å². The highest BCUT2D eigenvalue weighted by Crippen LogP contribution is 2.25. The smallest absolute Gasteiger partial charge is 0.332 e. The Morgan fingerprint density at radius 1 is 1.03 bits per heavy atom. The summed E-state index contributed by atoms with van der Waals surface area (Å²) in [4.78, 5) is 38.9. The number of nitrogens with zero attached hydrogens (tertiary/aromatic N) is 5. The molecule has 31 heavy (non-hydrogen) atoms. The SMILES string of the molecule is CN(C1CCCCC1)S(=O)(=O)N1CCN(CC(=O)c2c(N)n(C)c(=O)n(C)c2=O)CC1. The second-order valence-corrected chi connectivity index (χ2v) is 10.4. The van der Waals surface area contributed by atoms with Gasteiger partial charge in [0.25, 0.3) is 15.8 Å². The van der Waals surface area contributed by atoms with E-state index < -0.39 is 27.2 Å². The van der Waals surface area contributed by atoms with Gasteiger partial charge in [-0.15, -0.1) is 0 Å². The molecule has 1 saturated carbocycles. The number of nitrogens with two attached hydrogens (primary N) is 1. The van der Waals surface area contributed by atoms with Gasteiger partial charge in [-0.2, -0.15) is 17.0 Å². The molecule has 1 aromatic heterocycles. The number of hydrogen-bond donors (Lipinski definition) is 1. The quantitative estimate of drug-likeness (QED) is 0.542. The normalized spacial score (nSPS) is 19.7. The fourth-order valence-corrected chi connectivity index (χ4v) is 5.91. The van der Waals surface area contributed by atoms with Gasteiger partial charge < -0.3 is 5.73 Å². The zero-order chi connectivity index (χ0) is 22.9. The molecule has 0 spiro atoms. The Labute approximate surface area is 182 Å². The lowest BCUT2D eigenvalue weighted by Crippen LogP contribution is -2.55. The van der Waals surface area contributed by atoms with Crippen LogP contribution in [0.15, 0.2) is 9.59 Å². The van der Waals surface area contributed by atoms with E-state index in [-0.39, 0.29) is 37.1 Å². The van der Waals surface area contributed by atoms with Gasteiger partial charge in [0.15, 0.2) is 5.78 Å². The Balaban J connectivity index is 1.65. The van der Waals surface area contributed by atoms with Crippen LogP contribution in [-0.4, -0.2) is 82.7 Å². The van der Waals surface area contributed by atoms with Crippen LogP contribution >= 0.6 is 0 Å². The third kappa shape index (κ3) is 4.61. The van der Waals surface area contributed by atoms with E-state index in [0.717, 1.165) is 41.2 Å². The molecule has 11 nitrogen and oxygen atoms in total. The number of nitrogen functional groups attached to an aromatic ring is 1. The maximum Gasteiger partial charge on any atom is 0.332 e. The van der Waals surface area contributed by atoms with Crippen LogP contribution in [0.2, 0.25) is 0 Å². The van der Waals surface area contributed by atoms with Crippen molar-refractivity contribution in [2.45, 2.75) is 38.1 Å². The van der Waals surface area contributed by atoms with Crippen LogP contribution in [0.1, 0.15) is 42.5 Å². The zero-order valence-corrected chi connectivity index (χ0v) is 19.2. The van der Waals surface area contributed by atoms with Gasteiger partial charge >= 0.3 is 5.69 Å². The van der Waals surface area contributed by atoms with E-state index in [2.05, 4.69) is 0 Å². The van der Waals surface area contributed by atoms with Crippen molar-refractivity contribution in [3.8, 4) is 0 Å². The Kier molecular flexibility index (Phi) is 7.04. The van der Waals surface area contributed by atoms with Crippen LogP contribution in [0.5, 0.6) is 0 Å². The molecule has 1 aromatic rings. The van der Waals surface area contributed by atoms with Crippen molar-refractivity contribution in [1.29, 1.82) is 0 Å². The average Bonchev–Trinajstić information content (AvgIpc) is 2.77. The molecular weight excluding hydrogens is 424 g/mol. The van der Waals surface area contributed by atoms with Gasteiger partial charge in [0.1, 0.15) is 11.4 Å². The van der Waals surface area contributed by atoms with Crippen LogP contribution < -0.4 is 17.0 Å². The number of rotatable bonds is 6. The fourth-order valence-electron chi connectivity index (χ4n) is 4.34. The molecule has 2 heterocycles. The number of carbonyl (C=O) groups excluding carboxylic acids is 1. The number of hydrogen-bond acceptors (Lipinski definition) is 7. The number of Topliss-reactive ketones (excluding diaryl/α,β-unsaturated/α-hetero) is 1. The lowest BCUT2D eigenvalue weighted by molar-refractivity contribution is 0.0896. The monoisotopic (exact) mass is 456 g/mol. The molecule has 0 amide bonds. The molecule has 2 fully saturated rings. The molecular formula is C19H32N6O5S. The average molecular weight is 457 g/mol. The predicted octanol–water partition coefficient (Wildman–Crippen LogP) is -1.02. The minimum Gasteiger partial charge on any atom is -0.384 e. The summed E-state index contributed by atoms with van der Waals surface area (Å²) in [6, 6.07) is 0.0438. The summed E-state index contributed by atoms with van der Waals surface area (Å²) in [6.45, 7) is 1.22. The first kappa shape index (κ1) is 23.6. The van der Waals surface area contributed by atoms with E-state index in [1.165, 1.54) is 22.7 Å². The van der Waals surface area contributed by atoms with Gasteiger partial charge in [-0.25, -0.2) is 4.79 Å². The molecule has 1 aliphatic heterocycles. The minimum absolute atomic E-state index is 0.0438. The van der Waals surface area contributed by atoms with E-state index in [1.807, 2.05) is 0 Å². The highest BCUT2D eigenvalue weighted by atomic mass is 32.2. The summed E-state index contributed by atoms with van der Waals surface area (Å²) >= 11 is 0. The topological polar surface area (TPSA) is 131 Å². The Bertz CT molecular complexity index is 1050. The summed E-state index contributed by atoms with van der Waals surface area (Å²) in [7, 11) is 0.803. The molecule has 1 saturated heterocycles. The predicted molar refractivity (Wildman–Crippen MR) is 117 cm³/mol. The van der Waals surface area contributed by atoms with Crippen LogP contribution in [0, 0.1) is 0 Å². The Morgan fingerprint density at radius 3 is 2.19 bits per heavy atom. The molecule has 3 rings (SSSR count). The third-order valence-electron chi connectivity index (χ3n) is 6.47. The summed E-state index contributed by atoms with van der Waals surface area (Å²) in [5.74, 6) is -0.641. The second-order valence-electron chi connectivity index (χ2n) is 8.38. The number of carbonyl (C=O) groups is 1. The van der Waals surface area contributed by atoms with Crippen molar-refractivity contribution in [3.63, 3.8) is 0 Å². The summed E-state index contributed by atoms with van der Waals surface area (Å²) in [6.07, 6.45) is 5.03. The molecule has 174 valence electrons.